The van der Waals surface area contributed by atoms with Crippen LogP contribution >= 0.6 is 0 Å². The summed E-state index contributed by atoms with van der Waals surface area (Å²) in [6.45, 7) is 1.89. The van der Waals surface area contributed by atoms with Crippen molar-refractivity contribution in [3.8, 4) is 11.5 Å². The van der Waals surface area contributed by atoms with E-state index in [2.05, 4.69) is 15.8 Å². The number of fused-ring (bicyclic) bond motifs is 1. The number of halogens is 1. The van der Waals surface area contributed by atoms with Crippen molar-refractivity contribution in [3.05, 3.63) is 89.2 Å². The van der Waals surface area contributed by atoms with Crippen LogP contribution in [0.25, 0.3) is 0 Å². The lowest BCUT2D eigenvalue weighted by Gasteiger charge is -2.07. The monoisotopic (exact) mass is 419 g/mol. The van der Waals surface area contributed by atoms with Gasteiger partial charge < -0.3 is 14.8 Å². The molecule has 2 amide bonds. The van der Waals surface area contributed by atoms with Crippen LogP contribution in [-0.2, 0) is 0 Å². The van der Waals surface area contributed by atoms with Gasteiger partial charge >= 0.3 is 0 Å². The molecule has 3 aromatic carbocycles. The Labute approximate surface area is 177 Å². The minimum absolute atomic E-state index is 0.137. The Morgan fingerprint density at radius 3 is 2.23 bits per heavy atom. The van der Waals surface area contributed by atoms with E-state index in [1.165, 1.54) is 24.3 Å². The van der Waals surface area contributed by atoms with Crippen molar-refractivity contribution in [2.75, 3.05) is 12.1 Å². The summed E-state index contributed by atoms with van der Waals surface area (Å²) >= 11 is 0. The molecule has 0 bridgehead atoms. The Kier molecular flexibility index (Phi) is 5.61. The summed E-state index contributed by atoms with van der Waals surface area (Å²) in [7, 11) is 0. The van der Waals surface area contributed by atoms with E-state index in [-0.39, 0.29) is 18.6 Å². The van der Waals surface area contributed by atoms with Crippen molar-refractivity contribution in [1.82, 2.24) is 5.43 Å². The van der Waals surface area contributed by atoms with Crippen LogP contribution in [0.15, 0.2) is 71.8 Å². The number of nitrogens with zero attached hydrogens (tertiary/aromatic N) is 1. The number of rotatable bonds is 5. The van der Waals surface area contributed by atoms with Gasteiger partial charge in [-0.05, 0) is 67.1 Å². The third-order valence-corrected chi connectivity index (χ3v) is 4.63. The molecule has 1 aliphatic rings. The molecule has 156 valence electrons. The van der Waals surface area contributed by atoms with Gasteiger partial charge in [0.2, 0.25) is 6.79 Å². The number of benzene rings is 3. The van der Waals surface area contributed by atoms with E-state index in [0.29, 0.717) is 34.0 Å². The molecule has 2 N–H and O–H groups in total. The van der Waals surface area contributed by atoms with E-state index >= 15 is 0 Å². The Bertz CT molecular complexity index is 1160. The standard InChI is InChI=1S/C23H18FN3O4/c1-14(26-27-23(29)17-6-11-20-21(12-17)31-13-30-20)15-4-9-19(10-5-15)25-22(28)16-2-7-18(24)8-3-16/h2-12H,13H2,1H3,(H,25,28)(H,27,29)/b26-14-. The Balaban J connectivity index is 1.37. The van der Waals surface area contributed by atoms with E-state index in [1.807, 2.05) is 0 Å². The summed E-state index contributed by atoms with van der Waals surface area (Å²) in [5.74, 6) is 0.00528. The van der Waals surface area contributed by atoms with Gasteiger partial charge in [-0.15, -0.1) is 0 Å². The number of hydrazone groups is 1. The van der Waals surface area contributed by atoms with Crippen LogP contribution in [-0.4, -0.2) is 24.3 Å². The average molecular weight is 419 g/mol. The number of nitrogens with one attached hydrogen (secondary N) is 2. The topological polar surface area (TPSA) is 89.0 Å². The van der Waals surface area contributed by atoms with E-state index in [4.69, 9.17) is 9.47 Å². The molecular formula is C23H18FN3O4. The fourth-order valence-electron chi connectivity index (χ4n) is 2.90. The van der Waals surface area contributed by atoms with Crippen LogP contribution in [0.5, 0.6) is 11.5 Å². The maximum atomic E-state index is 13.0. The fourth-order valence-corrected chi connectivity index (χ4v) is 2.90. The van der Waals surface area contributed by atoms with Gasteiger partial charge in [-0.3, -0.25) is 9.59 Å². The highest BCUT2D eigenvalue weighted by atomic mass is 19.1. The van der Waals surface area contributed by atoms with Gasteiger partial charge in [0, 0.05) is 16.8 Å². The average Bonchev–Trinajstić information content (AvgIpc) is 3.26. The number of carbonyl (C=O) groups excluding carboxylic acids is 2. The third kappa shape index (κ3) is 4.69. The maximum absolute atomic E-state index is 13.0. The second-order valence-electron chi connectivity index (χ2n) is 6.74. The quantitative estimate of drug-likeness (QED) is 0.484. The molecule has 0 spiro atoms. The first kappa shape index (κ1) is 20.1. The van der Waals surface area contributed by atoms with E-state index in [9.17, 15) is 14.0 Å². The van der Waals surface area contributed by atoms with Crippen molar-refractivity contribution in [1.29, 1.82) is 0 Å². The number of ether oxygens (including phenoxy) is 2. The summed E-state index contributed by atoms with van der Waals surface area (Å²) in [4.78, 5) is 24.5. The maximum Gasteiger partial charge on any atom is 0.271 e. The molecule has 0 aliphatic carbocycles. The molecule has 1 aliphatic heterocycles. The van der Waals surface area contributed by atoms with E-state index in [0.717, 1.165) is 5.56 Å². The van der Waals surface area contributed by atoms with Crippen molar-refractivity contribution < 1.29 is 23.5 Å². The third-order valence-electron chi connectivity index (χ3n) is 4.63. The number of amides is 2. The van der Waals surface area contributed by atoms with Gasteiger partial charge in [-0.25, -0.2) is 9.82 Å². The molecule has 0 saturated heterocycles. The second kappa shape index (κ2) is 8.66. The zero-order valence-electron chi connectivity index (χ0n) is 16.5. The molecule has 0 aromatic heterocycles. The van der Waals surface area contributed by atoms with Crippen LogP contribution < -0.4 is 20.2 Å². The number of anilines is 1. The predicted molar refractivity (Wildman–Crippen MR) is 113 cm³/mol. The van der Waals surface area contributed by atoms with Gasteiger partial charge in [0.05, 0.1) is 5.71 Å². The Morgan fingerprint density at radius 2 is 1.48 bits per heavy atom. The van der Waals surface area contributed by atoms with Crippen LogP contribution in [0, 0.1) is 5.82 Å². The predicted octanol–water partition coefficient (Wildman–Crippen LogP) is 3.96. The summed E-state index contributed by atoms with van der Waals surface area (Å²) in [6, 6.07) is 17.2. The van der Waals surface area contributed by atoms with Crippen LogP contribution in [0.3, 0.4) is 0 Å². The highest BCUT2D eigenvalue weighted by Gasteiger charge is 2.16. The minimum atomic E-state index is -0.402. The Morgan fingerprint density at radius 1 is 0.839 bits per heavy atom. The summed E-state index contributed by atoms with van der Waals surface area (Å²) in [5.41, 5.74) is 5.21. The smallest absolute Gasteiger partial charge is 0.271 e. The Hall–Kier alpha value is -4.20. The molecule has 4 rings (SSSR count). The van der Waals surface area contributed by atoms with Gasteiger partial charge in [0.15, 0.2) is 11.5 Å². The van der Waals surface area contributed by atoms with Crippen LogP contribution in [0.2, 0.25) is 0 Å². The first-order valence-electron chi connectivity index (χ1n) is 9.41. The molecule has 0 fully saturated rings. The van der Waals surface area contributed by atoms with E-state index < -0.39 is 5.82 Å². The van der Waals surface area contributed by atoms with Gasteiger partial charge in [0.1, 0.15) is 5.82 Å². The lowest BCUT2D eigenvalue weighted by Crippen LogP contribution is -2.19. The first-order valence-corrected chi connectivity index (χ1v) is 9.41. The highest BCUT2D eigenvalue weighted by Crippen LogP contribution is 2.32. The summed E-state index contributed by atoms with van der Waals surface area (Å²) < 4.78 is 23.5. The molecular weight excluding hydrogens is 401 g/mol. The summed E-state index contributed by atoms with van der Waals surface area (Å²) in [5, 5.41) is 6.88. The lowest BCUT2D eigenvalue weighted by molar-refractivity contribution is 0.0953. The van der Waals surface area contributed by atoms with Crippen molar-refractivity contribution in [3.63, 3.8) is 0 Å². The van der Waals surface area contributed by atoms with Gasteiger partial charge in [0.25, 0.3) is 11.8 Å². The number of hydrogen-bond acceptors (Lipinski definition) is 5. The fraction of sp³-hybridized carbons (Fsp3) is 0.0870. The van der Waals surface area contributed by atoms with Gasteiger partial charge in [-0.1, -0.05) is 12.1 Å². The second-order valence-corrected chi connectivity index (χ2v) is 6.74. The van der Waals surface area contributed by atoms with Crippen molar-refractivity contribution >= 4 is 23.2 Å². The lowest BCUT2D eigenvalue weighted by atomic mass is 10.1. The molecule has 0 radical (unpaired) electrons. The summed E-state index contributed by atoms with van der Waals surface area (Å²) in [6.07, 6.45) is 0. The molecule has 0 saturated carbocycles. The van der Waals surface area contributed by atoms with E-state index in [1.54, 1.807) is 49.4 Å². The van der Waals surface area contributed by atoms with Crippen molar-refractivity contribution in [2.45, 2.75) is 6.92 Å². The number of carbonyl (C=O) groups is 2. The molecule has 31 heavy (non-hydrogen) atoms. The highest BCUT2D eigenvalue weighted by molar-refractivity contribution is 6.05. The van der Waals surface area contributed by atoms with Crippen LogP contribution in [0.1, 0.15) is 33.2 Å². The van der Waals surface area contributed by atoms with Gasteiger partial charge in [-0.2, -0.15) is 5.10 Å². The SMILES string of the molecule is C/C(=N/NC(=O)c1ccc2c(c1)OCO2)c1ccc(NC(=O)c2ccc(F)cc2)cc1. The molecule has 0 atom stereocenters. The van der Waals surface area contributed by atoms with Crippen molar-refractivity contribution in [2.24, 2.45) is 5.10 Å². The molecule has 0 unspecified atom stereocenters. The number of hydrogen-bond donors (Lipinski definition) is 2. The minimum Gasteiger partial charge on any atom is -0.454 e. The zero-order chi connectivity index (χ0) is 21.8. The first-order chi connectivity index (χ1) is 15.0. The van der Waals surface area contributed by atoms with Crippen LogP contribution in [0.4, 0.5) is 10.1 Å². The molecule has 3 aromatic rings. The normalized spacial score (nSPS) is 12.4. The zero-order valence-corrected chi connectivity index (χ0v) is 16.5. The molecule has 1 heterocycles. The molecule has 7 nitrogen and oxygen atoms in total. The molecule has 8 heteroatoms. The largest absolute Gasteiger partial charge is 0.454 e.